The first kappa shape index (κ1) is 10.3. The molecule has 2 nitrogen and oxygen atoms in total. The Labute approximate surface area is 71.1 Å². The van der Waals surface area contributed by atoms with E-state index in [9.17, 15) is 4.57 Å². The van der Waals surface area contributed by atoms with Crippen molar-refractivity contribution in [1.82, 2.24) is 0 Å². The van der Waals surface area contributed by atoms with Crippen LogP contribution in [0, 0.1) is 0 Å². The maximum Gasteiger partial charge on any atom is 2.00 e. The molecule has 0 aromatic heterocycles. The van der Waals surface area contributed by atoms with Crippen molar-refractivity contribution in [2.75, 3.05) is 13.8 Å². The summed E-state index contributed by atoms with van der Waals surface area (Å²) in [5.74, 6) is 0. The molecule has 34 valence electrons. The molecular formula is C2H8CaO2P+. The summed E-state index contributed by atoms with van der Waals surface area (Å²) in [6.45, 7) is 1.51. The third kappa shape index (κ3) is 9.01. The number of rotatable bonds is 1. The molecule has 0 aliphatic rings. The minimum absolute atomic E-state index is 0. The van der Waals surface area contributed by atoms with Crippen LogP contribution in [0.2, 0.25) is 0 Å². The Morgan fingerprint density at radius 3 is 2.00 bits per heavy atom. The van der Waals surface area contributed by atoms with Gasteiger partial charge in [0.25, 0.3) is 0 Å². The molecule has 0 amide bonds. The summed E-state index contributed by atoms with van der Waals surface area (Å²) in [6, 6.07) is 0. The van der Waals surface area contributed by atoms with Crippen LogP contribution >= 0.6 is 8.03 Å². The minimum atomic E-state index is -1.35. The summed E-state index contributed by atoms with van der Waals surface area (Å²) in [5, 5.41) is 0. The largest absolute Gasteiger partial charge is 2.00 e. The maximum absolute atomic E-state index is 9.74. The summed E-state index contributed by atoms with van der Waals surface area (Å²) in [7, 11) is 0.0671. The molecule has 0 bridgehead atoms. The van der Waals surface area contributed by atoms with Crippen LogP contribution in [0.25, 0.3) is 0 Å². The Morgan fingerprint density at radius 2 is 2.00 bits per heavy atom. The van der Waals surface area contributed by atoms with Crippen LogP contribution < -0.4 is 0 Å². The average molecular weight is 135 g/mol. The van der Waals surface area contributed by atoms with Gasteiger partial charge in [0.2, 0.25) is 0 Å². The average Bonchev–Trinajstić information content (AvgIpc) is 1.38. The van der Waals surface area contributed by atoms with E-state index in [1.807, 2.05) is 0 Å². The van der Waals surface area contributed by atoms with E-state index in [2.05, 4.69) is 4.52 Å². The Kier molecular flexibility index (Phi) is 10.9. The van der Waals surface area contributed by atoms with Gasteiger partial charge in [-0.2, -0.15) is 0 Å². The van der Waals surface area contributed by atoms with Crippen LogP contribution in [-0.4, -0.2) is 51.5 Å². The molecule has 0 N–H and O–H groups in total. The molecule has 0 spiro atoms. The third-order valence-corrected chi connectivity index (χ3v) is 0.771. The van der Waals surface area contributed by atoms with Crippen molar-refractivity contribution >= 4 is 45.8 Å². The normalized spacial score (nSPS) is 9.33. The molecule has 6 heavy (non-hydrogen) atoms. The second kappa shape index (κ2) is 6.32. The van der Waals surface area contributed by atoms with Gasteiger partial charge >= 0.3 is 45.8 Å². The van der Waals surface area contributed by atoms with Crippen LogP contribution in [0.1, 0.15) is 2.85 Å². The van der Waals surface area contributed by atoms with Crippen molar-refractivity contribution < 1.29 is 11.9 Å². The Balaban J connectivity index is -0.0000000267. The molecule has 1 unspecified atom stereocenters. The zero-order chi connectivity index (χ0) is 4.28. The van der Waals surface area contributed by atoms with E-state index in [4.69, 9.17) is 0 Å². The quantitative estimate of drug-likeness (QED) is 0.393. The second-order valence-electron chi connectivity index (χ2n) is 0.622. The first-order valence-corrected chi connectivity index (χ1v) is 2.85. The van der Waals surface area contributed by atoms with Gasteiger partial charge in [-0.1, -0.05) is 0 Å². The fraction of sp³-hybridized carbons (Fsp3) is 1.00. The van der Waals surface area contributed by atoms with Crippen molar-refractivity contribution in [3.63, 3.8) is 0 Å². The van der Waals surface area contributed by atoms with Crippen molar-refractivity contribution in [3.05, 3.63) is 0 Å². The molecule has 0 aliphatic heterocycles. The van der Waals surface area contributed by atoms with Crippen LogP contribution in [-0.2, 0) is 9.09 Å². The topological polar surface area (TPSA) is 26.3 Å². The number of hydrogen-bond acceptors (Lipinski definition) is 2. The van der Waals surface area contributed by atoms with Crippen LogP contribution in [0.5, 0.6) is 0 Å². The summed E-state index contributed by atoms with van der Waals surface area (Å²) in [6.07, 6.45) is 0. The molecule has 0 aromatic carbocycles. The van der Waals surface area contributed by atoms with Crippen molar-refractivity contribution in [3.8, 4) is 0 Å². The van der Waals surface area contributed by atoms with Crippen LogP contribution in [0.4, 0.5) is 0 Å². The van der Waals surface area contributed by atoms with Gasteiger partial charge in [-0.05, 0) is 4.57 Å². The van der Waals surface area contributed by atoms with Gasteiger partial charge < -0.3 is 2.85 Å². The third-order valence-electron chi connectivity index (χ3n) is 0.257. The second-order valence-corrected chi connectivity index (χ2v) is 1.87. The minimum Gasteiger partial charge on any atom is -1.00 e. The fourth-order valence-corrected chi connectivity index (χ4v) is 0. The Morgan fingerprint density at radius 1 is 1.83 bits per heavy atom. The first-order chi connectivity index (χ1) is 2.27. The van der Waals surface area contributed by atoms with E-state index in [1.54, 1.807) is 0 Å². The molecule has 0 saturated carbocycles. The predicted octanol–water partition coefficient (Wildman–Crippen LogP) is 0.849. The molecule has 0 aliphatic carbocycles. The Bertz CT molecular complexity index is 53.3. The molecule has 4 heteroatoms. The van der Waals surface area contributed by atoms with Crippen LogP contribution in [0.3, 0.4) is 0 Å². The molecule has 0 rings (SSSR count). The van der Waals surface area contributed by atoms with Gasteiger partial charge in [-0.3, -0.25) is 0 Å². The van der Waals surface area contributed by atoms with E-state index in [0.29, 0.717) is 0 Å². The molecule has 0 fully saturated rings. The van der Waals surface area contributed by atoms with Gasteiger partial charge in [0.15, 0.2) is 6.66 Å². The van der Waals surface area contributed by atoms with Gasteiger partial charge in [0, 0.05) is 0 Å². The van der Waals surface area contributed by atoms with Gasteiger partial charge in [0.05, 0.1) is 7.11 Å². The number of hydrogen-bond donors (Lipinski definition) is 0. The molecule has 0 aromatic rings. The van der Waals surface area contributed by atoms with E-state index < -0.39 is 8.03 Å². The predicted molar refractivity (Wildman–Crippen MR) is 28.5 cm³/mol. The summed E-state index contributed by atoms with van der Waals surface area (Å²) in [4.78, 5) is 0. The molecule has 0 radical (unpaired) electrons. The summed E-state index contributed by atoms with van der Waals surface area (Å²) in [5.41, 5.74) is 0. The van der Waals surface area contributed by atoms with Crippen molar-refractivity contribution in [2.45, 2.75) is 0 Å². The van der Waals surface area contributed by atoms with E-state index in [1.165, 1.54) is 13.8 Å². The van der Waals surface area contributed by atoms with E-state index in [-0.39, 0.29) is 40.6 Å². The fourth-order valence-electron chi connectivity index (χ4n) is 0. The van der Waals surface area contributed by atoms with Crippen molar-refractivity contribution in [1.29, 1.82) is 0 Å². The Hall–Kier alpha value is 1.32. The molecular weight excluding hydrogens is 127 g/mol. The molecule has 0 saturated heterocycles. The summed E-state index contributed by atoms with van der Waals surface area (Å²) < 4.78 is 14.0. The van der Waals surface area contributed by atoms with Gasteiger partial charge in [0.1, 0.15) is 0 Å². The summed E-state index contributed by atoms with van der Waals surface area (Å²) >= 11 is 0. The monoisotopic (exact) mass is 135 g/mol. The zero-order valence-electron chi connectivity index (χ0n) is 5.97. The van der Waals surface area contributed by atoms with Crippen LogP contribution in [0.15, 0.2) is 0 Å². The smallest absolute Gasteiger partial charge is 1.00 e. The SMILES string of the molecule is CO[P+](C)=O.[Ca+2].[H-].[H-]. The maximum atomic E-state index is 9.74. The standard InChI is InChI=1S/C2H6O2P.Ca.2H/c1-4-5(2)3;;;/h1-2H3;;;/q+1;+2;2*-1. The van der Waals surface area contributed by atoms with Gasteiger partial charge in [-0.15, -0.1) is 4.52 Å². The van der Waals surface area contributed by atoms with Crippen molar-refractivity contribution in [2.24, 2.45) is 0 Å². The zero-order valence-corrected chi connectivity index (χ0v) is 7.07. The molecule has 0 heterocycles. The first-order valence-electron chi connectivity index (χ1n) is 1.22. The van der Waals surface area contributed by atoms with E-state index >= 15 is 0 Å². The van der Waals surface area contributed by atoms with Gasteiger partial charge in [-0.25, -0.2) is 0 Å². The van der Waals surface area contributed by atoms with E-state index in [0.717, 1.165) is 0 Å². The molecule has 1 atom stereocenters.